The van der Waals surface area contributed by atoms with Gasteiger partial charge in [0.25, 0.3) is 0 Å². The zero-order valence-electron chi connectivity index (χ0n) is 12.7. The Morgan fingerprint density at radius 1 is 1.25 bits per heavy atom. The Morgan fingerprint density at radius 2 is 2.00 bits per heavy atom. The molecule has 0 spiro atoms. The van der Waals surface area contributed by atoms with Crippen LogP contribution in [0.2, 0.25) is 0 Å². The molecule has 3 heteroatoms. The second-order valence-electron chi connectivity index (χ2n) is 6.78. The van der Waals surface area contributed by atoms with Gasteiger partial charge in [0.1, 0.15) is 5.82 Å². The minimum Gasteiger partial charge on any atom is -0.369 e. The summed E-state index contributed by atoms with van der Waals surface area (Å²) in [5.74, 6) is 0.364. The molecule has 1 fully saturated rings. The zero-order valence-corrected chi connectivity index (χ0v) is 12.7. The lowest BCUT2D eigenvalue weighted by atomic mass is 9.77. The van der Waals surface area contributed by atoms with Crippen LogP contribution in [-0.2, 0) is 0 Å². The molecule has 0 bridgehead atoms. The Kier molecular flexibility index (Phi) is 4.46. The van der Waals surface area contributed by atoms with Crippen molar-refractivity contribution in [2.24, 2.45) is 11.3 Å². The Hall–Kier alpha value is -1.38. The van der Waals surface area contributed by atoms with Crippen molar-refractivity contribution in [3.8, 4) is 0 Å². The van der Waals surface area contributed by atoms with Crippen LogP contribution in [0.3, 0.4) is 0 Å². The van der Waals surface area contributed by atoms with Gasteiger partial charge in [-0.2, -0.15) is 0 Å². The Balaban J connectivity index is 2.21. The van der Waals surface area contributed by atoms with Crippen molar-refractivity contribution in [3.05, 3.63) is 29.6 Å². The average Bonchev–Trinajstić information content (AvgIpc) is 2.63. The van der Waals surface area contributed by atoms with E-state index < -0.39 is 0 Å². The summed E-state index contributed by atoms with van der Waals surface area (Å²) >= 11 is 0. The molecule has 1 heterocycles. The van der Waals surface area contributed by atoms with Crippen LogP contribution in [0.1, 0.15) is 50.4 Å². The smallest absolute Gasteiger partial charge is 0.152 e. The van der Waals surface area contributed by atoms with Crippen molar-refractivity contribution >= 4 is 12.0 Å². The first-order chi connectivity index (χ1) is 9.43. The SMILES string of the molecule is CC(C)(C)C1CCCN(c2c(F)cccc2C=O)CC1. The standard InChI is InChI=1S/C17H24FNO/c1-17(2,3)14-7-5-10-19(11-9-14)16-13(12-20)6-4-8-15(16)18/h4,6,8,12,14H,5,7,9-11H2,1-3H3. The number of carbonyl (C=O) groups excluding carboxylic acids is 1. The third-order valence-corrected chi connectivity index (χ3v) is 4.41. The molecule has 20 heavy (non-hydrogen) atoms. The van der Waals surface area contributed by atoms with Gasteiger partial charge in [-0.3, -0.25) is 4.79 Å². The molecule has 0 aromatic heterocycles. The summed E-state index contributed by atoms with van der Waals surface area (Å²) in [4.78, 5) is 13.2. The van der Waals surface area contributed by atoms with Crippen molar-refractivity contribution in [1.82, 2.24) is 0 Å². The van der Waals surface area contributed by atoms with Gasteiger partial charge in [-0.15, -0.1) is 0 Å². The fourth-order valence-electron chi connectivity index (χ4n) is 3.15. The van der Waals surface area contributed by atoms with Gasteiger partial charge in [-0.05, 0) is 42.7 Å². The monoisotopic (exact) mass is 277 g/mol. The average molecular weight is 277 g/mol. The predicted octanol–water partition coefficient (Wildman–Crippen LogP) is 4.29. The lowest BCUT2D eigenvalue weighted by Gasteiger charge is -2.30. The summed E-state index contributed by atoms with van der Waals surface area (Å²) in [6, 6.07) is 4.73. The molecule has 0 radical (unpaired) electrons. The Labute approximate surface area is 121 Å². The van der Waals surface area contributed by atoms with Crippen LogP contribution in [0.25, 0.3) is 0 Å². The summed E-state index contributed by atoms with van der Waals surface area (Å²) in [6.45, 7) is 8.46. The van der Waals surface area contributed by atoms with Gasteiger partial charge in [0.15, 0.2) is 6.29 Å². The van der Waals surface area contributed by atoms with Crippen LogP contribution in [0, 0.1) is 17.2 Å². The molecule has 0 saturated carbocycles. The molecule has 0 N–H and O–H groups in total. The van der Waals surface area contributed by atoms with Crippen LogP contribution in [0.15, 0.2) is 18.2 Å². The molecule has 0 amide bonds. The molecular formula is C17H24FNO. The second kappa shape index (κ2) is 5.94. The van der Waals surface area contributed by atoms with Crippen LogP contribution in [0.4, 0.5) is 10.1 Å². The number of hydrogen-bond donors (Lipinski definition) is 0. The molecule has 1 atom stereocenters. The van der Waals surface area contributed by atoms with E-state index in [1.807, 2.05) is 4.90 Å². The number of para-hydroxylation sites is 1. The number of nitrogens with zero attached hydrogens (tertiary/aromatic N) is 1. The van der Waals surface area contributed by atoms with Gasteiger partial charge in [-0.1, -0.05) is 26.8 Å². The number of halogens is 1. The minimum atomic E-state index is -0.288. The third kappa shape index (κ3) is 3.20. The number of anilines is 1. The van der Waals surface area contributed by atoms with E-state index in [-0.39, 0.29) is 5.82 Å². The number of carbonyl (C=O) groups is 1. The topological polar surface area (TPSA) is 20.3 Å². The molecule has 1 aromatic carbocycles. The maximum absolute atomic E-state index is 14.1. The molecule has 2 rings (SSSR count). The summed E-state index contributed by atoms with van der Waals surface area (Å²) < 4.78 is 14.1. The summed E-state index contributed by atoms with van der Waals surface area (Å²) in [6.07, 6.45) is 4.03. The number of benzene rings is 1. The van der Waals surface area contributed by atoms with Crippen molar-refractivity contribution in [1.29, 1.82) is 0 Å². The Morgan fingerprint density at radius 3 is 2.65 bits per heavy atom. The normalized spacial score (nSPS) is 20.6. The van der Waals surface area contributed by atoms with Gasteiger partial charge in [0.2, 0.25) is 0 Å². The highest BCUT2D eigenvalue weighted by molar-refractivity contribution is 5.84. The molecule has 0 aliphatic carbocycles. The molecule has 1 unspecified atom stereocenters. The van der Waals surface area contributed by atoms with E-state index in [1.54, 1.807) is 12.1 Å². The third-order valence-electron chi connectivity index (χ3n) is 4.41. The van der Waals surface area contributed by atoms with E-state index in [9.17, 15) is 9.18 Å². The fourth-order valence-corrected chi connectivity index (χ4v) is 3.15. The van der Waals surface area contributed by atoms with Crippen LogP contribution >= 0.6 is 0 Å². The quantitative estimate of drug-likeness (QED) is 0.752. The Bertz CT molecular complexity index is 478. The van der Waals surface area contributed by atoms with Crippen LogP contribution < -0.4 is 4.90 Å². The summed E-state index contributed by atoms with van der Waals surface area (Å²) in [5, 5.41) is 0. The van der Waals surface area contributed by atoms with Gasteiger partial charge < -0.3 is 4.90 Å². The first-order valence-electron chi connectivity index (χ1n) is 7.42. The highest BCUT2D eigenvalue weighted by atomic mass is 19.1. The second-order valence-corrected chi connectivity index (χ2v) is 6.78. The van der Waals surface area contributed by atoms with E-state index >= 15 is 0 Å². The van der Waals surface area contributed by atoms with E-state index in [1.165, 1.54) is 12.5 Å². The van der Waals surface area contributed by atoms with Gasteiger partial charge in [0.05, 0.1) is 5.69 Å². The van der Waals surface area contributed by atoms with E-state index in [0.717, 1.165) is 32.2 Å². The molecule has 110 valence electrons. The summed E-state index contributed by atoms with van der Waals surface area (Å²) in [5.41, 5.74) is 1.23. The number of aldehydes is 1. The van der Waals surface area contributed by atoms with Crippen LogP contribution in [0.5, 0.6) is 0 Å². The minimum absolute atomic E-state index is 0.288. The van der Waals surface area contributed by atoms with Gasteiger partial charge in [-0.25, -0.2) is 4.39 Å². The number of hydrogen-bond acceptors (Lipinski definition) is 2. The molecule has 1 aliphatic heterocycles. The first-order valence-corrected chi connectivity index (χ1v) is 7.42. The first kappa shape index (κ1) is 15.0. The summed E-state index contributed by atoms with van der Waals surface area (Å²) in [7, 11) is 0. The zero-order chi connectivity index (χ0) is 14.8. The van der Waals surface area contributed by atoms with Crippen LogP contribution in [-0.4, -0.2) is 19.4 Å². The van der Waals surface area contributed by atoms with Gasteiger partial charge >= 0.3 is 0 Å². The van der Waals surface area contributed by atoms with Gasteiger partial charge in [0, 0.05) is 18.7 Å². The molecule has 1 saturated heterocycles. The van der Waals surface area contributed by atoms with Crippen molar-refractivity contribution in [2.75, 3.05) is 18.0 Å². The lowest BCUT2D eigenvalue weighted by molar-refractivity contribution is 0.112. The maximum Gasteiger partial charge on any atom is 0.152 e. The molecular weight excluding hydrogens is 253 g/mol. The largest absolute Gasteiger partial charge is 0.369 e. The van der Waals surface area contributed by atoms with E-state index in [0.29, 0.717) is 22.6 Å². The fraction of sp³-hybridized carbons (Fsp3) is 0.588. The predicted molar refractivity (Wildman–Crippen MR) is 80.8 cm³/mol. The van der Waals surface area contributed by atoms with E-state index in [2.05, 4.69) is 20.8 Å². The van der Waals surface area contributed by atoms with Crippen molar-refractivity contribution in [3.63, 3.8) is 0 Å². The molecule has 1 aliphatic rings. The molecule has 1 aromatic rings. The lowest BCUT2D eigenvalue weighted by Crippen LogP contribution is -2.27. The number of rotatable bonds is 2. The van der Waals surface area contributed by atoms with Crippen molar-refractivity contribution in [2.45, 2.75) is 40.0 Å². The highest BCUT2D eigenvalue weighted by Crippen LogP contribution is 2.36. The maximum atomic E-state index is 14.1. The highest BCUT2D eigenvalue weighted by Gasteiger charge is 2.28. The van der Waals surface area contributed by atoms with Crippen molar-refractivity contribution < 1.29 is 9.18 Å². The van der Waals surface area contributed by atoms with E-state index in [4.69, 9.17) is 0 Å². The molecule has 2 nitrogen and oxygen atoms in total.